The van der Waals surface area contributed by atoms with Crippen LogP contribution in [0.2, 0.25) is 0 Å². The largest absolute Gasteiger partial charge is 0.481 e. The average Bonchev–Trinajstić information content (AvgIpc) is 3.00. The number of sulfone groups is 1. The van der Waals surface area contributed by atoms with E-state index in [9.17, 15) is 13.2 Å². The molecular weight excluding hydrogens is 228 g/mol. The third kappa shape index (κ3) is 1.95. The lowest BCUT2D eigenvalue weighted by molar-refractivity contribution is -0.142. The molecule has 0 atom stereocenters. The molecule has 0 radical (unpaired) electrons. The molecule has 1 fully saturated rings. The lowest BCUT2D eigenvalue weighted by atomic mass is 10.1. The molecule has 1 N–H and O–H groups in total. The summed E-state index contributed by atoms with van der Waals surface area (Å²) in [5.74, 6) is -1.30. The zero-order valence-electron chi connectivity index (χ0n) is 8.59. The number of carbonyl (C=O) groups is 1. The van der Waals surface area contributed by atoms with Gasteiger partial charge in [0.2, 0.25) is 0 Å². The minimum Gasteiger partial charge on any atom is -0.481 e. The van der Waals surface area contributed by atoms with E-state index in [4.69, 9.17) is 5.11 Å². The Morgan fingerprint density at radius 1 is 1.25 bits per heavy atom. The van der Waals surface area contributed by atoms with Crippen LogP contribution in [0.1, 0.15) is 12.8 Å². The molecular formula is C11H12O4S. The Kier molecular flexibility index (Phi) is 2.50. The molecule has 1 aliphatic rings. The van der Waals surface area contributed by atoms with Crippen LogP contribution >= 0.6 is 0 Å². The van der Waals surface area contributed by atoms with Gasteiger partial charge in [0.1, 0.15) is 0 Å². The molecule has 0 amide bonds. The zero-order valence-corrected chi connectivity index (χ0v) is 9.40. The Morgan fingerprint density at radius 3 is 2.25 bits per heavy atom. The summed E-state index contributed by atoms with van der Waals surface area (Å²) in [6.07, 6.45) is 0.906. The van der Waals surface area contributed by atoms with Crippen molar-refractivity contribution in [3.8, 4) is 0 Å². The second-order valence-corrected chi connectivity index (χ2v) is 6.15. The first-order chi connectivity index (χ1) is 7.46. The van der Waals surface area contributed by atoms with Crippen molar-refractivity contribution in [1.29, 1.82) is 0 Å². The molecule has 4 nitrogen and oxygen atoms in total. The normalized spacial score (nSPS) is 18.0. The predicted octanol–water partition coefficient (Wildman–Crippen LogP) is 1.33. The van der Waals surface area contributed by atoms with E-state index in [0.717, 1.165) is 0 Å². The summed E-state index contributed by atoms with van der Waals surface area (Å²) in [5.41, 5.74) is -1.03. The number of carboxylic acids is 1. The summed E-state index contributed by atoms with van der Waals surface area (Å²) in [6, 6.07) is 7.98. The first kappa shape index (κ1) is 11.1. The van der Waals surface area contributed by atoms with Crippen molar-refractivity contribution in [3.63, 3.8) is 0 Å². The molecule has 1 aromatic rings. The molecule has 1 aromatic carbocycles. The Labute approximate surface area is 93.8 Å². The third-order valence-electron chi connectivity index (χ3n) is 2.88. The molecule has 5 heteroatoms. The molecule has 0 spiro atoms. The van der Waals surface area contributed by atoms with Crippen molar-refractivity contribution in [3.05, 3.63) is 30.3 Å². The molecule has 86 valence electrons. The number of carboxylic acid groups (broad SMARTS) is 1. The van der Waals surface area contributed by atoms with Crippen LogP contribution in [-0.2, 0) is 14.6 Å². The maximum Gasteiger partial charge on any atom is 0.310 e. The molecule has 1 saturated carbocycles. The zero-order chi connectivity index (χ0) is 11.8. The SMILES string of the molecule is O=C(O)C1(CS(=O)(=O)c2ccccc2)CC1. The standard InChI is InChI=1S/C11H12O4S/c12-10(13)11(6-7-11)8-16(14,15)9-4-2-1-3-5-9/h1-5H,6-8H2,(H,12,13). The fraction of sp³-hybridized carbons (Fsp3) is 0.364. The second-order valence-electron chi connectivity index (χ2n) is 4.16. The highest BCUT2D eigenvalue weighted by atomic mass is 32.2. The second kappa shape index (κ2) is 3.59. The quantitative estimate of drug-likeness (QED) is 0.861. The fourth-order valence-corrected chi connectivity index (χ4v) is 3.52. The van der Waals surface area contributed by atoms with Crippen LogP contribution in [-0.4, -0.2) is 25.2 Å². The Hall–Kier alpha value is -1.36. The molecule has 1 aliphatic carbocycles. The number of hydrogen-bond donors (Lipinski definition) is 1. The lowest BCUT2D eigenvalue weighted by Crippen LogP contribution is -2.25. The van der Waals surface area contributed by atoms with Crippen molar-refractivity contribution in [1.82, 2.24) is 0 Å². The van der Waals surface area contributed by atoms with Crippen molar-refractivity contribution in [2.24, 2.45) is 5.41 Å². The fourth-order valence-electron chi connectivity index (χ4n) is 1.65. The van der Waals surface area contributed by atoms with E-state index in [1.807, 2.05) is 0 Å². The summed E-state index contributed by atoms with van der Waals surface area (Å²) in [4.78, 5) is 11.1. The molecule has 0 unspecified atom stereocenters. The number of aliphatic carboxylic acids is 1. The summed E-state index contributed by atoms with van der Waals surface area (Å²) < 4.78 is 23.9. The van der Waals surface area contributed by atoms with Gasteiger partial charge >= 0.3 is 5.97 Å². The van der Waals surface area contributed by atoms with Gasteiger partial charge in [-0.15, -0.1) is 0 Å². The highest BCUT2D eigenvalue weighted by molar-refractivity contribution is 7.91. The van der Waals surface area contributed by atoms with Gasteiger partial charge in [-0.2, -0.15) is 0 Å². The lowest BCUT2D eigenvalue weighted by Gasteiger charge is -2.10. The maximum atomic E-state index is 11.9. The van der Waals surface area contributed by atoms with Crippen LogP contribution in [0.3, 0.4) is 0 Å². The molecule has 0 saturated heterocycles. The van der Waals surface area contributed by atoms with Crippen molar-refractivity contribution >= 4 is 15.8 Å². The van der Waals surface area contributed by atoms with Crippen LogP contribution in [0, 0.1) is 5.41 Å². The van der Waals surface area contributed by atoms with E-state index in [0.29, 0.717) is 12.8 Å². The highest BCUT2D eigenvalue weighted by Crippen LogP contribution is 2.47. The van der Waals surface area contributed by atoms with E-state index in [1.54, 1.807) is 18.2 Å². The Morgan fingerprint density at radius 2 is 1.81 bits per heavy atom. The van der Waals surface area contributed by atoms with Crippen molar-refractivity contribution < 1.29 is 18.3 Å². The topological polar surface area (TPSA) is 71.4 Å². The van der Waals surface area contributed by atoms with Gasteiger partial charge in [0, 0.05) is 0 Å². The molecule has 0 aromatic heterocycles. The monoisotopic (exact) mass is 240 g/mol. The van der Waals surface area contributed by atoms with E-state index in [2.05, 4.69) is 0 Å². The maximum absolute atomic E-state index is 11.9. The van der Waals surface area contributed by atoms with Gasteiger partial charge in [-0.25, -0.2) is 8.42 Å². The van der Waals surface area contributed by atoms with Crippen LogP contribution in [0.15, 0.2) is 35.2 Å². The van der Waals surface area contributed by atoms with Gasteiger partial charge in [0.15, 0.2) is 9.84 Å². The highest BCUT2D eigenvalue weighted by Gasteiger charge is 2.53. The smallest absolute Gasteiger partial charge is 0.310 e. The summed E-state index contributed by atoms with van der Waals surface area (Å²) in [7, 11) is -3.48. The van der Waals surface area contributed by atoms with Crippen LogP contribution < -0.4 is 0 Å². The Balaban J connectivity index is 2.26. The first-order valence-corrected chi connectivity index (χ1v) is 6.63. The van der Waals surface area contributed by atoms with Crippen LogP contribution in [0.4, 0.5) is 0 Å². The minimum absolute atomic E-state index is 0.197. The van der Waals surface area contributed by atoms with E-state index >= 15 is 0 Å². The van der Waals surface area contributed by atoms with Gasteiger partial charge in [-0.05, 0) is 25.0 Å². The first-order valence-electron chi connectivity index (χ1n) is 4.98. The molecule has 0 aliphatic heterocycles. The molecule has 2 rings (SSSR count). The minimum atomic E-state index is -3.48. The Bertz CT molecular complexity index is 500. The van der Waals surface area contributed by atoms with Gasteiger partial charge in [0.05, 0.1) is 16.1 Å². The van der Waals surface area contributed by atoms with Gasteiger partial charge < -0.3 is 5.11 Å². The number of hydrogen-bond acceptors (Lipinski definition) is 3. The van der Waals surface area contributed by atoms with Crippen LogP contribution in [0.5, 0.6) is 0 Å². The van der Waals surface area contributed by atoms with Crippen molar-refractivity contribution in [2.45, 2.75) is 17.7 Å². The summed E-state index contributed by atoms with van der Waals surface area (Å²) >= 11 is 0. The molecule has 0 heterocycles. The van der Waals surface area contributed by atoms with Crippen molar-refractivity contribution in [2.75, 3.05) is 5.75 Å². The predicted molar refractivity (Wildman–Crippen MR) is 57.8 cm³/mol. The third-order valence-corrected chi connectivity index (χ3v) is 4.80. The van der Waals surface area contributed by atoms with E-state index < -0.39 is 21.2 Å². The van der Waals surface area contributed by atoms with Gasteiger partial charge in [0.25, 0.3) is 0 Å². The van der Waals surface area contributed by atoms with Gasteiger partial charge in [-0.1, -0.05) is 18.2 Å². The average molecular weight is 240 g/mol. The van der Waals surface area contributed by atoms with Crippen LogP contribution in [0.25, 0.3) is 0 Å². The summed E-state index contributed by atoms with van der Waals surface area (Å²) in [6.45, 7) is 0. The number of rotatable bonds is 4. The molecule has 16 heavy (non-hydrogen) atoms. The molecule has 0 bridgehead atoms. The summed E-state index contributed by atoms with van der Waals surface area (Å²) in [5, 5.41) is 8.95. The number of benzene rings is 1. The van der Waals surface area contributed by atoms with E-state index in [-0.39, 0.29) is 10.6 Å². The van der Waals surface area contributed by atoms with E-state index in [1.165, 1.54) is 12.1 Å². The van der Waals surface area contributed by atoms with Gasteiger partial charge in [-0.3, -0.25) is 4.79 Å².